The summed E-state index contributed by atoms with van der Waals surface area (Å²) in [5.41, 5.74) is 1.92. The molecule has 0 aliphatic carbocycles. The summed E-state index contributed by atoms with van der Waals surface area (Å²) in [6, 6.07) is 8.19. The Bertz CT molecular complexity index is 596. The Hall–Kier alpha value is -1.88. The molecule has 1 aromatic carbocycles. The van der Waals surface area contributed by atoms with Crippen LogP contribution in [-0.2, 0) is 11.3 Å². The zero-order valence-corrected chi connectivity index (χ0v) is 14.5. The summed E-state index contributed by atoms with van der Waals surface area (Å²) in [4.78, 5) is 28.6. The summed E-state index contributed by atoms with van der Waals surface area (Å²) in [5, 5.41) is 2.92. The van der Waals surface area contributed by atoms with Crippen molar-refractivity contribution < 1.29 is 9.59 Å². The molecular weight excluding hydrogens is 302 g/mol. The summed E-state index contributed by atoms with van der Waals surface area (Å²) < 4.78 is 0. The molecule has 2 saturated heterocycles. The van der Waals surface area contributed by atoms with Crippen molar-refractivity contribution in [3.63, 3.8) is 0 Å². The molecule has 0 radical (unpaired) electrons. The smallest absolute Gasteiger partial charge is 0.253 e. The van der Waals surface area contributed by atoms with Gasteiger partial charge in [-0.05, 0) is 43.9 Å². The summed E-state index contributed by atoms with van der Waals surface area (Å²) in [6.45, 7) is 6.15. The second kappa shape index (κ2) is 7.79. The standard InChI is InChI=1S/C19H27N3O2/c1-15-12-18(23)20-8-11-22(15)14-16-6-5-7-17(13-16)19(24)21-9-3-2-4-10-21/h5-7,13,15H,2-4,8-12,14H2,1H3,(H,20,23). The van der Waals surface area contributed by atoms with Crippen LogP contribution < -0.4 is 5.32 Å². The van der Waals surface area contributed by atoms with Crippen molar-refractivity contribution in [3.8, 4) is 0 Å². The van der Waals surface area contributed by atoms with Crippen LogP contribution in [0.2, 0.25) is 0 Å². The molecule has 3 rings (SSSR count). The fourth-order valence-electron chi connectivity index (χ4n) is 3.58. The van der Waals surface area contributed by atoms with Gasteiger partial charge in [-0.2, -0.15) is 0 Å². The van der Waals surface area contributed by atoms with Gasteiger partial charge in [0.2, 0.25) is 5.91 Å². The first kappa shape index (κ1) is 17.0. The molecule has 2 aliphatic rings. The van der Waals surface area contributed by atoms with Gasteiger partial charge in [-0.15, -0.1) is 0 Å². The van der Waals surface area contributed by atoms with Gasteiger partial charge in [0.25, 0.3) is 5.91 Å². The number of carbonyl (C=O) groups is 2. The predicted molar refractivity (Wildman–Crippen MR) is 93.7 cm³/mol. The fraction of sp³-hybridized carbons (Fsp3) is 0.579. The van der Waals surface area contributed by atoms with Gasteiger partial charge < -0.3 is 10.2 Å². The lowest BCUT2D eigenvalue weighted by Crippen LogP contribution is -2.36. The monoisotopic (exact) mass is 329 g/mol. The highest BCUT2D eigenvalue weighted by Crippen LogP contribution is 2.17. The summed E-state index contributed by atoms with van der Waals surface area (Å²) >= 11 is 0. The van der Waals surface area contributed by atoms with E-state index in [1.807, 2.05) is 23.1 Å². The number of nitrogens with one attached hydrogen (secondary N) is 1. The summed E-state index contributed by atoms with van der Waals surface area (Å²) in [7, 11) is 0. The van der Waals surface area contributed by atoms with Crippen molar-refractivity contribution in [1.82, 2.24) is 15.1 Å². The minimum Gasteiger partial charge on any atom is -0.355 e. The zero-order valence-electron chi connectivity index (χ0n) is 14.5. The van der Waals surface area contributed by atoms with Gasteiger partial charge in [-0.25, -0.2) is 0 Å². The van der Waals surface area contributed by atoms with E-state index in [2.05, 4.69) is 23.2 Å². The fourth-order valence-corrected chi connectivity index (χ4v) is 3.58. The van der Waals surface area contributed by atoms with Crippen LogP contribution in [0.3, 0.4) is 0 Å². The Labute approximate surface area is 144 Å². The minimum atomic E-state index is 0.124. The molecule has 0 aromatic heterocycles. The topological polar surface area (TPSA) is 52.7 Å². The quantitative estimate of drug-likeness (QED) is 0.923. The molecule has 0 spiro atoms. The molecule has 5 heteroatoms. The molecular formula is C19H27N3O2. The van der Waals surface area contributed by atoms with Gasteiger partial charge >= 0.3 is 0 Å². The molecule has 1 N–H and O–H groups in total. The molecule has 2 aliphatic heterocycles. The second-order valence-electron chi connectivity index (χ2n) is 6.93. The molecule has 1 aromatic rings. The molecule has 2 fully saturated rings. The molecule has 1 unspecified atom stereocenters. The van der Waals surface area contributed by atoms with Gasteiger partial charge in [-0.1, -0.05) is 12.1 Å². The zero-order chi connectivity index (χ0) is 16.9. The van der Waals surface area contributed by atoms with Gasteiger partial charge in [0.05, 0.1) is 0 Å². The van der Waals surface area contributed by atoms with E-state index >= 15 is 0 Å². The largest absolute Gasteiger partial charge is 0.355 e. The number of hydrogen-bond donors (Lipinski definition) is 1. The van der Waals surface area contributed by atoms with E-state index in [1.165, 1.54) is 6.42 Å². The Morgan fingerprint density at radius 3 is 2.79 bits per heavy atom. The normalized spacial score (nSPS) is 22.8. The number of amides is 2. The lowest BCUT2D eigenvalue weighted by Gasteiger charge is -2.28. The van der Waals surface area contributed by atoms with Gasteiger partial charge in [0, 0.05) is 50.7 Å². The van der Waals surface area contributed by atoms with E-state index in [-0.39, 0.29) is 17.9 Å². The summed E-state index contributed by atoms with van der Waals surface area (Å²) in [6.07, 6.45) is 3.98. The van der Waals surface area contributed by atoms with E-state index in [4.69, 9.17) is 0 Å². The lowest BCUT2D eigenvalue weighted by molar-refractivity contribution is -0.121. The van der Waals surface area contributed by atoms with Crippen molar-refractivity contribution in [2.45, 2.75) is 45.2 Å². The maximum absolute atomic E-state index is 12.7. The molecule has 24 heavy (non-hydrogen) atoms. The van der Waals surface area contributed by atoms with Gasteiger partial charge in [0.1, 0.15) is 0 Å². The van der Waals surface area contributed by atoms with Crippen molar-refractivity contribution in [3.05, 3.63) is 35.4 Å². The van der Waals surface area contributed by atoms with Crippen LogP contribution in [0.5, 0.6) is 0 Å². The molecule has 0 bridgehead atoms. The molecule has 2 heterocycles. The highest BCUT2D eigenvalue weighted by atomic mass is 16.2. The first-order valence-electron chi connectivity index (χ1n) is 9.02. The van der Waals surface area contributed by atoms with Crippen molar-refractivity contribution in [2.75, 3.05) is 26.2 Å². The van der Waals surface area contributed by atoms with Crippen molar-refractivity contribution in [1.29, 1.82) is 0 Å². The Kier molecular flexibility index (Phi) is 5.51. The number of piperidine rings is 1. The maximum Gasteiger partial charge on any atom is 0.253 e. The summed E-state index contributed by atoms with van der Waals surface area (Å²) in [5.74, 6) is 0.274. The molecule has 0 saturated carbocycles. The van der Waals surface area contributed by atoms with Crippen LogP contribution in [0.1, 0.15) is 48.5 Å². The van der Waals surface area contributed by atoms with Gasteiger partial charge in [0.15, 0.2) is 0 Å². The van der Waals surface area contributed by atoms with Crippen LogP contribution in [0.4, 0.5) is 0 Å². The Morgan fingerprint density at radius 1 is 1.21 bits per heavy atom. The number of benzene rings is 1. The van der Waals surface area contributed by atoms with Crippen LogP contribution in [-0.4, -0.2) is 53.8 Å². The average molecular weight is 329 g/mol. The second-order valence-corrected chi connectivity index (χ2v) is 6.93. The number of nitrogens with zero attached hydrogens (tertiary/aromatic N) is 2. The first-order valence-corrected chi connectivity index (χ1v) is 9.02. The van der Waals surface area contributed by atoms with Crippen LogP contribution in [0, 0.1) is 0 Å². The van der Waals surface area contributed by atoms with Crippen molar-refractivity contribution >= 4 is 11.8 Å². The van der Waals surface area contributed by atoms with E-state index < -0.39 is 0 Å². The number of hydrogen-bond acceptors (Lipinski definition) is 3. The SMILES string of the molecule is CC1CC(=O)NCCN1Cc1cccc(C(=O)N2CCCCC2)c1. The number of likely N-dealkylation sites (tertiary alicyclic amines) is 1. The van der Waals surface area contributed by atoms with E-state index in [9.17, 15) is 9.59 Å². The average Bonchev–Trinajstić information content (AvgIpc) is 2.76. The van der Waals surface area contributed by atoms with Crippen LogP contribution in [0.15, 0.2) is 24.3 Å². The van der Waals surface area contributed by atoms with Crippen LogP contribution >= 0.6 is 0 Å². The Morgan fingerprint density at radius 2 is 2.00 bits per heavy atom. The molecule has 1 atom stereocenters. The minimum absolute atomic E-state index is 0.124. The highest BCUT2D eigenvalue weighted by Gasteiger charge is 2.22. The third kappa shape index (κ3) is 4.15. The number of rotatable bonds is 3. The van der Waals surface area contributed by atoms with E-state index in [0.717, 1.165) is 50.1 Å². The molecule has 5 nitrogen and oxygen atoms in total. The molecule has 2 amide bonds. The third-order valence-corrected chi connectivity index (χ3v) is 5.03. The highest BCUT2D eigenvalue weighted by molar-refractivity contribution is 5.94. The van der Waals surface area contributed by atoms with Crippen LogP contribution in [0.25, 0.3) is 0 Å². The van der Waals surface area contributed by atoms with E-state index in [0.29, 0.717) is 13.0 Å². The van der Waals surface area contributed by atoms with E-state index in [1.54, 1.807) is 0 Å². The van der Waals surface area contributed by atoms with Gasteiger partial charge in [-0.3, -0.25) is 14.5 Å². The number of carbonyl (C=O) groups excluding carboxylic acids is 2. The van der Waals surface area contributed by atoms with Crippen molar-refractivity contribution in [2.24, 2.45) is 0 Å². The Balaban J connectivity index is 1.68. The predicted octanol–water partition coefficient (Wildman–Crippen LogP) is 2.02. The molecule has 130 valence electrons. The lowest BCUT2D eigenvalue weighted by atomic mass is 10.1. The maximum atomic E-state index is 12.7. The first-order chi connectivity index (χ1) is 11.6. The third-order valence-electron chi connectivity index (χ3n) is 5.03.